The molecule has 4 heteroatoms. The van der Waals surface area contributed by atoms with E-state index in [1.54, 1.807) is 0 Å². The fourth-order valence-electron chi connectivity index (χ4n) is 3.40. The number of methoxy groups -OCH3 is 1. The molecule has 1 aliphatic heterocycles. The van der Waals surface area contributed by atoms with Crippen LogP contribution < -0.4 is 5.32 Å². The van der Waals surface area contributed by atoms with Crippen molar-refractivity contribution in [1.82, 2.24) is 10.2 Å². The maximum absolute atomic E-state index is 12.1. The van der Waals surface area contributed by atoms with Crippen molar-refractivity contribution in [2.75, 3.05) is 13.7 Å². The molecule has 0 aromatic carbocycles. The molecular weight excluding hydrogens is 252 g/mol. The molecule has 0 aromatic heterocycles. The predicted molar refractivity (Wildman–Crippen MR) is 80.7 cm³/mol. The highest BCUT2D eigenvalue weighted by Gasteiger charge is 2.40. The van der Waals surface area contributed by atoms with Gasteiger partial charge in [-0.1, -0.05) is 6.42 Å². The summed E-state index contributed by atoms with van der Waals surface area (Å²) in [6, 6.07) is 1.76. The average molecular weight is 282 g/mol. The second-order valence-electron chi connectivity index (χ2n) is 6.86. The number of nitrogens with zero attached hydrogens (tertiary/aromatic N) is 1. The van der Waals surface area contributed by atoms with Crippen molar-refractivity contribution in [2.24, 2.45) is 0 Å². The van der Waals surface area contributed by atoms with E-state index in [2.05, 4.69) is 24.1 Å². The van der Waals surface area contributed by atoms with Gasteiger partial charge in [-0.3, -0.25) is 15.0 Å². The smallest absolute Gasteiger partial charge is 0.325 e. The van der Waals surface area contributed by atoms with Gasteiger partial charge in [-0.05, 0) is 52.9 Å². The van der Waals surface area contributed by atoms with Crippen LogP contribution in [0.3, 0.4) is 0 Å². The minimum absolute atomic E-state index is 0.123. The van der Waals surface area contributed by atoms with E-state index < -0.39 is 5.54 Å². The van der Waals surface area contributed by atoms with E-state index in [9.17, 15) is 4.79 Å². The third-order valence-electron chi connectivity index (χ3n) is 4.98. The molecule has 3 unspecified atom stereocenters. The quantitative estimate of drug-likeness (QED) is 0.759. The number of nitrogens with one attached hydrogen (secondary N) is 1. The lowest BCUT2D eigenvalue weighted by Crippen LogP contribution is -2.54. The molecule has 0 spiro atoms. The molecule has 1 heterocycles. The number of hydrogen-bond acceptors (Lipinski definition) is 4. The van der Waals surface area contributed by atoms with Crippen molar-refractivity contribution >= 4 is 5.97 Å². The fourth-order valence-corrected chi connectivity index (χ4v) is 3.40. The Morgan fingerprint density at radius 3 is 2.35 bits per heavy atom. The fraction of sp³-hybridized carbons (Fsp3) is 0.938. The van der Waals surface area contributed by atoms with Gasteiger partial charge < -0.3 is 4.74 Å². The third kappa shape index (κ3) is 3.73. The standard InChI is InChI=1S/C16H30N2O2/c1-12-6-5-7-13(2)18(12)11-10-16(3,15(19)20-4)17-14-8-9-14/h12-14,17H,5-11H2,1-4H3. The summed E-state index contributed by atoms with van der Waals surface area (Å²) in [7, 11) is 1.49. The number of hydrogen-bond donors (Lipinski definition) is 1. The van der Waals surface area contributed by atoms with Crippen LogP contribution in [0.5, 0.6) is 0 Å². The monoisotopic (exact) mass is 282 g/mol. The number of piperidine rings is 1. The largest absolute Gasteiger partial charge is 0.468 e. The van der Waals surface area contributed by atoms with Gasteiger partial charge in [0, 0.05) is 24.7 Å². The average Bonchev–Trinajstić information content (AvgIpc) is 3.21. The van der Waals surface area contributed by atoms with E-state index in [1.807, 2.05) is 6.92 Å². The molecule has 2 rings (SSSR count). The summed E-state index contributed by atoms with van der Waals surface area (Å²) in [4.78, 5) is 14.7. The molecule has 1 N–H and O–H groups in total. The lowest BCUT2D eigenvalue weighted by molar-refractivity contribution is -0.148. The van der Waals surface area contributed by atoms with Crippen molar-refractivity contribution < 1.29 is 9.53 Å². The van der Waals surface area contributed by atoms with Crippen molar-refractivity contribution in [2.45, 2.75) is 83.0 Å². The normalized spacial score (nSPS) is 30.8. The first-order valence-corrected chi connectivity index (χ1v) is 8.08. The van der Waals surface area contributed by atoms with Crippen LogP contribution >= 0.6 is 0 Å². The van der Waals surface area contributed by atoms with Gasteiger partial charge in [0.1, 0.15) is 5.54 Å². The number of carbonyl (C=O) groups is 1. The molecule has 2 aliphatic rings. The van der Waals surface area contributed by atoms with Gasteiger partial charge in [0.15, 0.2) is 0 Å². The van der Waals surface area contributed by atoms with Crippen LogP contribution in [0, 0.1) is 0 Å². The Bertz CT molecular complexity index is 333. The van der Waals surface area contributed by atoms with Crippen LogP contribution in [-0.4, -0.2) is 48.2 Å². The highest BCUT2D eigenvalue weighted by Crippen LogP contribution is 2.27. The Morgan fingerprint density at radius 1 is 1.25 bits per heavy atom. The summed E-state index contributed by atoms with van der Waals surface area (Å²) in [5.41, 5.74) is -0.535. The van der Waals surface area contributed by atoms with Gasteiger partial charge in [0.25, 0.3) is 0 Å². The van der Waals surface area contributed by atoms with Crippen LogP contribution in [-0.2, 0) is 9.53 Å². The van der Waals surface area contributed by atoms with Crippen LogP contribution in [0.1, 0.15) is 59.3 Å². The maximum Gasteiger partial charge on any atom is 0.325 e. The molecule has 2 fully saturated rings. The Kier molecular flexibility index (Phi) is 5.08. The molecule has 1 saturated carbocycles. The van der Waals surface area contributed by atoms with E-state index in [1.165, 1.54) is 39.2 Å². The third-order valence-corrected chi connectivity index (χ3v) is 4.98. The predicted octanol–water partition coefficient (Wildman–Crippen LogP) is 2.32. The van der Waals surface area contributed by atoms with E-state index in [-0.39, 0.29) is 5.97 Å². The van der Waals surface area contributed by atoms with E-state index in [4.69, 9.17) is 4.74 Å². The Hall–Kier alpha value is -0.610. The highest BCUT2D eigenvalue weighted by molar-refractivity contribution is 5.80. The molecule has 116 valence electrons. The van der Waals surface area contributed by atoms with Gasteiger partial charge in [-0.25, -0.2) is 0 Å². The van der Waals surface area contributed by atoms with E-state index in [0.717, 1.165) is 13.0 Å². The van der Waals surface area contributed by atoms with Crippen LogP contribution in [0.4, 0.5) is 0 Å². The molecule has 1 saturated heterocycles. The molecule has 3 atom stereocenters. The number of carbonyl (C=O) groups excluding carboxylic acids is 1. The Balaban J connectivity index is 1.94. The number of rotatable bonds is 6. The van der Waals surface area contributed by atoms with Crippen molar-refractivity contribution in [1.29, 1.82) is 0 Å². The molecule has 0 amide bonds. The topological polar surface area (TPSA) is 41.6 Å². The molecular formula is C16H30N2O2. The van der Waals surface area contributed by atoms with Crippen molar-refractivity contribution in [3.63, 3.8) is 0 Å². The van der Waals surface area contributed by atoms with Gasteiger partial charge >= 0.3 is 5.97 Å². The first-order valence-electron chi connectivity index (χ1n) is 8.08. The maximum atomic E-state index is 12.1. The zero-order valence-corrected chi connectivity index (χ0v) is 13.4. The Morgan fingerprint density at radius 2 is 1.85 bits per heavy atom. The second-order valence-corrected chi connectivity index (χ2v) is 6.86. The second kappa shape index (κ2) is 6.44. The van der Waals surface area contributed by atoms with Gasteiger partial charge in [-0.2, -0.15) is 0 Å². The highest BCUT2D eigenvalue weighted by atomic mass is 16.5. The molecule has 0 aromatic rings. The first-order chi connectivity index (χ1) is 9.46. The van der Waals surface area contributed by atoms with Crippen molar-refractivity contribution in [3.05, 3.63) is 0 Å². The molecule has 20 heavy (non-hydrogen) atoms. The Labute approximate surface area is 123 Å². The van der Waals surface area contributed by atoms with Gasteiger partial charge in [0.2, 0.25) is 0 Å². The minimum atomic E-state index is -0.535. The summed E-state index contributed by atoms with van der Waals surface area (Å²) in [5.74, 6) is -0.123. The number of ether oxygens (including phenoxy) is 1. The summed E-state index contributed by atoms with van der Waals surface area (Å²) in [5, 5.41) is 3.49. The minimum Gasteiger partial charge on any atom is -0.468 e. The van der Waals surface area contributed by atoms with Crippen LogP contribution in [0.2, 0.25) is 0 Å². The molecule has 1 aliphatic carbocycles. The summed E-state index contributed by atoms with van der Waals surface area (Å²) < 4.78 is 5.02. The van der Waals surface area contributed by atoms with Crippen LogP contribution in [0.25, 0.3) is 0 Å². The molecule has 0 bridgehead atoms. The summed E-state index contributed by atoms with van der Waals surface area (Å²) >= 11 is 0. The zero-order chi connectivity index (χ0) is 14.8. The number of esters is 1. The first kappa shape index (κ1) is 15.8. The van der Waals surface area contributed by atoms with E-state index in [0.29, 0.717) is 18.1 Å². The molecule has 0 radical (unpaired) electrons. The van der Waals surface area contributed by atoms with E-state index >= 15 is 0 Å². The lowest BCUT2D eigenvalue weighted by Gasteiger charge is -2.41. The zero-order valence-electron chi connectivity index (χ0n) is 13.4. The van der Waals surface area contributed by atoms with Crippen molar-refractivity contribution in [3.8, 4) is 0 Å². The van der Waals surface area contributed by atoms with Crippen LogP contribution in [0.15, 0.2) is 0 Å². The summed E-state index contributed by atoms with van der Waals surface area (Å²) in [6.07, 6.45) is 7.06. The molecule has 4 nitrogen and oxygen atoms in total. The summed E-state index contributed by atoms with van der Waals surface area (Å²) in [6.45, 7) is 7.57. The number of likely N-dealkylation sites (tertiary alicyclic amines) is 1. The SMILES string of the molecule is COC(=O)C(C)(CCN1C(C)CCCC1C)NC1CC1. The lowest BCUT2D eigenvalue weighted by atomic mass is 9.93. The van der Waals surface area contributed by atoms with Gasteiger partial charge in [0.05, 0.1) is 7.11 Å². The van der Waals surface area contributed by atoms with Gasteiger partial charge in [-0.15, -0.1) is 0 Å².